The Kier molecular flexibility index (Phi) is 4.30. The second-order valence-electron chi connectivity index (χ2n) is 3.92. The largest absolute Gasteiger partial charge is 0.299 e. The minimum atomic E-state index is 0.206. The summed E-state index contributed by atoms with van der Waals surface area (Å²) in [4.78, 5) is 11.5. The van der Waals surface area contributed by atoms with Gasteiger partial charge in [0, 0.05) is 19.2 Å². The maximum atomic E-state index is 11.5. The highest BCUT2D eigenvalue weighted by molar-refractivity contribution is 5.81. The topological polar surface area (TPSA) is 34.9 Å². The Morgan fingerprint density at radius 2 is 2.12 bits per heavy atom. The zero-order valence-electron chi connectivity index (χ0n) is 10.4. The maximum Gasteiger partial charge on any atom is 0.145 e. The van der Waals surface area contributed by atoms with Crippen molar-refractivity contribution in [2.24, 2.45) is 7.05 Å². The standard InChI is InChI=1S/C13H18N2O/c1-5-6-7-12(16)8-9-13-10(2)14-15(4)11(13)3/h7-9H2,1-4H3. The van der Waals surface area contributed by atoms with Crippen LogP contribution in [0.5, 0.6) is 0 Å². The second-order valence-corrected chi connectivity index (χ2v) is 3.92. The van der Waals surface area contributed by atoms with E-state index in [0.717, 1.165) is 17.8 Å². The zero-order valence-corrected chi connectivity index (χ0v) is 10.4. The number of Topliss-reactive ketones (excluding diaryl/α,β-unsaturated/α-hetero) is 1. The van der Waals surface area contributed by atoms with Gasteiger partial charge in [-0.05, 0) is 32.8 Å². The van der Waals surface area contributed by atoms with E-state index in [1.165, 1.54) is 5.56 Å². The van der Waals surface area contributed by atoms with E-state index in [0.29, 0.717) is 12.8 Å². The van der Waals surface area contributed by atoms with Crippen molar-refractivity contribution in [3.05, 3.63) is 17.0 Å². The van der Waals surface area contributed by atoms with Crippen LogP contribution < -0.4 is 0 Å². The monoisotopic (exact) mass is 218 g/mol. The first kappa shape index (κ1) is 12.5. The van der Waals surface area contributed by atoms with E-state index >= 15 is 0 Å². The molecule has 1 aromatic rings. The molecule has 0 radical (unpaired) electrons. The molecule has 0 fully saturated rings. The summed E-state index contributed by atoms with van der Waals surface area (Å²) in [7, 11) is 1.93. The van der Waals surface area contributed by atoms with Gasteiger partial charge in [-0.2, -0.15) is 5.10 Å². The molecule has 1 aromatic heterocycles. The highest BCUT2D eigenvalue weighted by atomic mass is 16.1. The first-order valence-electron chi connectivity index (χ1n) is 5.46. The fourth-order valence-corrected chi connectivity index (χ4v) is 1.72. The van der Waals surface area contributed by atoms with Crippen molar-refractivity contribution in [3.63, 3.8) is 0 Å². The van der Waals surface area contributed by atoms with Gasteiger partial charge in [0.05, 0.1) is 12.1 Å². The van der Waals surface area contributed by atoms with Crippen molar-refractivity contribution in [2.75, 3.05) is 0 Å². The third-order valence-electron chi connectivity index (χ3n) is 2.78. The van der Waals surface area contributed by atoms with Crippen LogP contribution in [0.3, 0.4) is 0 Å². The van der Waals surface area contributed by atoms with Crippen LogP contribution in [-0.2, 0) is 18.3 Å². The summed E-state index contributed by atoms with van der Waals surface area (Å²) < 4.78 is 1.86. The van der Waals surface area contributed by atoms with Gasteiger partial charge in [-0.25, -0.2) is 0 Å². The van der Waals surface area contributed by atoms with Crippen LogP contribution in [-0.4, -0.2) is 15.6 Å². The molecule has 0 aliphatic rings. The summed E-state index contributed by atoms with van der Waals surface area (Å²) in [6, 6.07) is 0. The maximum absolute atomic E-state index is 11.5. The number of carbonyl (C=O) groups excluding carboxylic acids is 1. The van der Waals surface area contributed by atoms with Crippen LogP contribution in [0.1, 0.15) is 36.7 Å². The molecule has 0 spiro atoms. The Morgan fingerprint density at radius 1 is 1.44 bits per heavy atom. The van der Waals surface area contributed by atoms with Gasteiger partial charge in [0.15, 0.2) is 0 Å². The van der Waals surface area contributed by atoms with Crippen molar-refractivity contribution in [3.8, 4) is 11.8 Å². The Balaban J connectivity index is 2.60. The predicted molar refractivity (Wildman–Crippen MR) is 64.1 cm³/mol. The quantitative estimate of drug-likeness (QED) is 0.724. The lowest BCUT2D eigenvalue weighted by Crippen LogP contribution is -2.00. The number of carbonyl (C=O) groups is 1. The molecule has 0 unspecified atom stereocenters. The number of hydrogen-bond acceptors (Lipinski definition) is 2. The second kappa shape index (κ2) is 5.50. The molecule has 16 heavy (non-hydrogen) atoms. The van der Waals surface area contributed by atoms with E-state index in [-0.39, 0.29) is 5.78 Å². The minimum Gasteiger partial charge on any atom is -0.299 e. The molecule has 0 aliphatic heterocycles. The Labute approximate surface area is 96.8 Å². The number of nitrogens with zero attached hydrogens (tertiary/aromatic N) is 2. The number of hydrogen-bond donors (Lipinski definition) is 0. The van der Waals surface area contributed by atoms with Gasteiger partial charge in [-0.1, -0.05) is 5.92 Å². The molecule has 0 bridgehead atoms. The lowest BCUT2D eigenvalue weighted by atomic mass is 10.0. The van der Waals surface area contributed by atoms with Gasteiger partial charge in [-0.15, -0.1) is 5.92 Å². The molecule has 3 nitrogen and oxygen atoms in total. The molecule has 1 heterocycles. The summed E-state index contributed by atoms with van der Waals surface area (Å²) in [5.74, 6) is 5.74. The van der Waals surface area contributed by atoms with E-state index in [9.17, 15) is 4.79 Å². The van der Waals surface area contributed by atoms with E-state index in [2.05, 4.69) is 16.9 Å². The molecule has 0 saturated carbocycles. The highest BCUT2D eigenvalue weighted by Crippen LogP contribution is 2.14. The van der Waals surface area contributed by atoms with Gasteiger partial charge in [0.25, 0.3) is 0 Å². The van der Waals surface area contributed by atoms with Crippen molar-refractivity contribution in [2.45, 2.75) is 40.0 Å². The minimum absolute atomic E-state index is 0.206. The predicted octanol–water partition coefficient (Wildman–Crippen LogP) is 1.95. The molecular formula is C13H18N2O. The molecule has 0 N–H and O–H groups in total. The lowest BCUT2D eigenvalue weighted by Gasteiger charge is -2.00. The molecule has 86 valence electrons. The Hall–Kier alpha value is -1.56. The van der Waals surface area contributed by atoms with Crippen LogP contribution >= 0.6 is 0 Å². The van der Waals surface area contributed by atoms with Gasteiger partial charge >= 0.3 is 0 Å². The average molecular weight is 218 g/mol. The zero-order chi connectivity index (χ0) is 12.1. The first-order valence-corrected chi connectivity index (χ1v) is 5.46. The number of aromatic nitrogens is 2. The molecule has 0 aliphatic carbocycles. The van der Waals surface area contributed by atoms with E-state index in [4.69, 9.17) is 0 Å². The summed E-state index contributed by atoms with van der Waals surface area (Å²) in [6.45, 7) is 5.77. The molecule has 0 atom stereocenters. The van der Waals surface area contributed by atoms with Crippen LogP contribution in [0.15, 0.2) is 0 Å². The molecule has 0 saturated heterocycles. The van der Waals surface area contributed by atoms with Crippen LogP contribution in [0.2, 0.25) is 0 Å². The third kappa shape index (κ3) is 2.96. The van der Waals surface area contributed by atoms with Crippen molar-refractivity contribution < 1.29 is 4.79 Å². The van der Waals surface area contributed by atoms with E-state index in [1.54, 1.807) is 6.92 Å². The third-order valence-corrected chi connectivity index (χ3v) is 2.78. The van der Waals surface area contributed by atoms with Crippen molar-refractivity contribution >= 4 is 5.78 Å². The van der Waals surface area contributed by atoms with Crippen LogP contribution in [0, 0.1) is 25.7 Å². The number of ketones is 1. The fourth-order valence-electron chi connectivity index (χ4n) is 1.72. The molecule has 1 rings (SSSR count). The summed E-state index contributed by atoms with van der Waals surface area (Å²) in [5, 5.41) is 4.33. The van der Waals surface area contributed by atoms with Crippen molar-refractivity contribution in [1.29, 1.82) is 0 Å². The summed E-state index contributed by atoms with van der Waals surface area (Å²) >= 11 is 0. The fraction of sp³-hybridized carbons (Fsp3) is 0.538. The van der Waals surface area contributed by atoms with Crippen LogP contribution in [0.25, 0.3) is 0 Å². The van der Waals surface area contributed by atoms with Gasteiger partial charge in [-0.3, -0.25) is 9.48 Å². The smallest absolute Gasteiger partial charge is 0.145 e. The van der Waals surface area contributed by atoms with Gasteiger partial charge in [0.1, 0.15) is 5.78 Å². The van der Waals surface area contributed by atoms with Gasteiger partial charge < -0.3 is 0 Å². The number of rotatable bonds is 4. The lowest BCUT2D eigenvalue weighted by molar-refractivity contribution is -0.118. The normalized spacial score (nSPS) is 9.75. The number of aryl methyl sites for hydroxylation is 2. The average Bonchev–Trinajstić information content (AvgIpc) is 2.48. The summed E-state index contributed by atoms with van der Waals surface area (Å²) in [5.41, 5.74) is 3.36. The Bertz CT molecular complexity index is 446. The molecule has 0 amide bonds. The molecule has 0 aromatic carbocycles. The molecular weight excluding hydrogens is 200 g/mol. The summed E-state index contributed by atoms with van der Waals surface area (Å²) in [6.07, 6.45) is 1.70. The molecule has 3 heteroatoms. The van der Waals surface area contributed by atoms with E-state index in [1.807, 2.05) is 25.6 Å². The Morgan fingerprint density at radius 3 is 2.62 bits per heavy atom. The van der Waals surface area contributed by atoms with E-state index < -0.39 is 0 Å². The van der Waals surface area contributed by atoms with Gasteiger partial charge in [0.2, 0.25) is 0 Å². The first-order chi connectivity index (χ1) is 7.56. The van der Waals surface area contributed by atoms with Crippen molar-refractivity contribution in [1.82, 2.24) is 9.78 Å². The van der Waals surface area contributed by atoms with Crippen LogP contribution in [0.4, 0.5) is 0 Å². The SMILES string of the molecule is CC#CCC(=O)CCc1c(C)nn(C)c1C. The highest BCUT2D eigenvalue weighted by Gasteiger charge is 2.10.